The Hall–Kier alpha value is -1.64. The Balaban J connectivity index is 3.06. The summed E-state index contributed by atoms with van der Waals surface area (Å²) in [6, 6.07) is 7.55. The second-order valence-corrected chi connectivity index (χ2v) is 4.31. The molecule has 0 aliphatic heterocycles. The van der Waals surface area contributed by atoms with Crippen molar-refractivity contribution in [2.75, 3.05) is 7.11 Å². The molecule has 1 rings (SSSR count). The highest BCUT2D eigenvalue weighted by Crippen LogP contribution is 2.24. The molecule has 0 heterocycles. The minimum absolute atomic E-state index is 0.529. The van der Waals surface area contributed by atoms with Gasteiger partial charge in [0.15, 0.2) is 0 Å². The fourth-order valence-corrected chi connectivity index (χ4v) is 1.45. The van der Waals surface area contributed by atoms with Crippen LogP contribution in [0.15, 0.2) is 24.3 Å². The summed E-state index contributed by atoms with van der Waals surface area (Å²) in [6.45, 7) is 5.41. The van der Waals surface area contributed by atoms with Crippen LogP contribution in [0, 0.1) is 6.92 Å². The fourth-order valence-electron chi connectivity index (χ4n) is 1.45. The molecular formula is C13H16O3. The monoisotopic (exact) mass is 220 g/mol. The van der Waals surface area contributed by atoms with Crippen LogP contribution in [0.5, 0.6) is 0 Å². The molecule has 86 valence electrons. The summed E-state index contributed by atoms with van der Waals surface area (Å²) < 4.78 is 4.46. The van der Waals surface area contributed by atoms with Crippen LogP contribution < -0.4 is 0 Å². The van der Waals surface area contributed by atoms with Gasteiger partial charge in [-0.2, -0.15) is 0 Å². The molecule has 0 fully saturated rings. The number of rotatable bonds is 3. The van der Waals surface area contributed by atoms with E-state index in [-0.39, 0.29) is 0 Å². The summed E-state index contributed by atoms with van der Waals surface area (Å²) in [5.41, 5.74) is 1.08. The molecule has 1 aromatic rings. The maximum Gasteiger partial charge on any atom is 0.375 e. The first-order valence-electron chi connectivity index (χ1n) is 5.09. The Labute approximate surface area is 95.4 Å². The molecule has 0 saturated heterocycles. The summed E-state index contributed by atoms with van der Waals surface area (Å²) >= 11 is 0. The van der Waals surface area contributed by atoms with Crippen molar-refractivity contribution in [2.24, 2.45) is 0 Å². The van der Waals surface area contributed by atoms with Gasteiger partial charge in [-0.25, -0.2) is 4.79 Å². The summed E-state index contributed by atoms with van der Waals surface area (Å²) in [5, 5.41) is 0. The van der Waals surface area contributed by atoms with Gasteiger partial charge in [0.25, 0.3) is 0 Å². The van der Waals surface area contributed by atoms with Crippen molar-refractivity contribution in [1.82, 2.24) is 0 Å². The molecule has 0 aromatic heterocycles. The van der Waals surface area contributed by atoms with E-state index < -0.39 is 17.2 Å². The van der Waals surface area contributed by atoms with Gasteiger partial charge in [0.2, 0.25) is 5.78 Å². The zero-order valence-corrected chi connectivity index (χ0v) is 10.0. The van der Waals surface area contributed by atoms with E-state index in [9.17, 15) is 9.59 Å². The average Bonchev–Trinajstić information content (AvgIpc) is 2.27. The standard InChI is InChI=1S/C13H16O3/c1-9-5-7-10(8-6-9)13(2,3)11(14)12(15)16-4/h5-8H,1-4H3. The SMILES string of the molecule is COC(=O)C(=O)C(C)(C)c1ccc(C)cc1. The van der Waals surface area contributed by atoms with Crippen molar-refractivity contribution in [3.8, 4) is 0 Å². The number of carbonyl (C=O) groups is 2. The number of esters is 1. The fraction of sp³-hybridized carbons (Fsp3) is 0.385. The third-order valence-corrected chi connectivity index (χ3v) is 2.71. The third kappa shape index (κ3) is 2.30. The van der Waals surface area contributed by atoms with Gasteiger partial charge in [0.05, 0.1) is 12.5 Å². The van der Waals surface area contributed by atoms with Crippen LogP contribution in [0.3, 0.4) is 0 Å². The minimum Gasteiger partial charge on any atom is -0.463 e. The zero-order valence-electron chi connectivity index (χ0n) is 10.0. The van der Waals surface area contributed by atoms with Gasteiger partial charge in [-0.1, -0.05) is 29.8 Å². The van der Waals surface area contributed by atoms with Crippen molar-refractivity contribution in [3.05, 3.63) is 35.4 Å². The van der Waals surface area contributed by atoms with Gasteiger partial charge in [-0.3, -0.25) is 4.79 Å². The third-order valence-electron chi connectivity index (χ3n) is 2.71. The predicted molar refractivity (Wildman–Crippen MR) is 61.2 cm³/mol. The second-order valence-electron chi connectivity index (χ2n) is 4.31. The van der Waals surface area contributed by atoms with Crippen molar-refractivity contribution in [1.29, 1.82) is 0 Å². The van der Waals surface area contributed by atoms with Gasteiger partial charge >= 0.3 is 5.97 Å². The van der Waals surface area contributed by atoms with Crippen LogP contribution in [-0.2, 0) is 19.7 Å². The molecule has 0 aliphatic carbocycles. The number of methoxy groups -OCH3 is 1. The molecule has 3 nitrogen and oxygen atoms in total. The van der Waals surface area contributed by atoms with Gasteiger partial charge in [-0.05, 0) is 26.3 Å². The number of aryl methyl sites for hydroxylation is 1. The summed E-state index contributed by atoms with van der Waals surface area (Å²) in [4.78, 5) is 23.0. The number of ether oxygens (including phenoxy) is 1. The predicted octanol–water partition coefficient (Wildman–Crippen LogP) is 2.01. The van der Waals surface area contributed by atoms with Crippen LogP contribution in [0.25, 0.3) is 0 Å². The molecule has 1 aromatic carbocycles. The first kappa shape index (κ1) is 12.4. The number of Topliss-reactive ketones (excluding diaryl/α,β-unsaturated/α-hetero) is 1. The highest BCUT2D eigenvalue weighted by molar-refractivity contribution is 6.37. The minimum atomic E-state index is -0.846. The Kier molecular flexibility index (Phi) is 3.48. The first-order valence-corrected chi connectivity index (χ1v) is 5.09. The summed E-state index contributed by atoms with van der Waals surface area (Å²) in [6.07, 6.45) is 0. The zero-order chi connectivity index (χ0) is 12.3. The Morgan fingerprint density at radius 1 is 1.12 bits per heavy atom. The Morgan fingerprint density at radius 3 is 2.06 bits per heavy atom. The molecule has 16 heavy (non-hydrogen) atoms. The molecule has 0 radical (unpaired) electrons. The smallest absolute Gasteiger partial charge is 0.375 e. The molecule has 0 atom stereocenters. The highest BCUT2D eigenvalue weighted by Gasteiger charge is 2.35. The van der Waals surface area contributed by atoms with E-state index in [4.69, 9.17) is 0 Å². The van der Waals surface area contributed by atoms with Crippen LogP contribution in [0.2, 0.25) is 0 Å². The van der Waals surface area contributed by atoms with Crippen LogP contribution in [0.1, 0.15) is 25.0 Å². The van der Waals surface area contributed by atoms with E-state index in [1.807, 2.05) is 31.2 Å². The largest absolute Gasteiger partial charge is 0.463 e. The molecular weight excluding hydrogens is 204 g/mol. The lowest BCUT2D eigenvalue weighted by Crippen LogP contribution is -2.35. The maximum atomic E-state index is 11.8. The van der Waals surface area contributed by atoms with Gasteiger partial charge < -0.3 is 4.74 Å². The van der Waals surface area contributed by atoms with Crippen LogP contribution in [-0.4, -0.2) is 18.9 Å². The van der Waals surface area contributed by atoms with Crippen molar-refractivity contribution < 1.29 is 14.3 Å². The van der Waals surface area contributed by atoms with Crippen LogP contribution in [0.4, 0.5) is 0 Å². The molecule has 0 bridgehead atoms. The first-order chi connectivity index (χ1) is 7.39. The van der Waals surface area contributed by atoms with Crippen molar-refractivity contribution in [2.45, 2.75) is 26.2 Å². The topological polar surface area (TPSA) is 43.4 Å². The quantitative estimate of drug-likeness (QED) is 0.578. The Morgan fingerprint density at radius 2 is 1.62 bits per heavy atom. The van der Waals surface area contributed by atoms with E-state index in [2.05, 4.69) is 4.74 Å². The number of hydrogen-bond acceptors (Lipinski definition) is 3. The molecule has 3 heteroatoms. The molecule has 0 N–H and O–H groups in total. The van der Waals surface area contributed by atoms with E-state index in [0.29, 0.717) is 0 Å². The molecule has 0 unspecified atom stereocenters. The molecule has 0 amide bonds. The lowest BCUT2D eigenvalue weighted by atomic mass is 9.80. The maximum absolute atomic E-state index is 11.8. The second kappa shape index (κ2) is 4.47. The molecule has 0 aliphatic rings. The normalized spacial score (nSPS) is 11.0. The number of hydrogen-bond donors (Lipinski definition) is 0. The van der Waals surface area contributed by atoms with E-state index in [1.54, 1.807) is 13.8 Å². The molecule has 0 saturated carbocycles. The highest BCUT2D eigenvalue weighted by atomic mass is 16.5. The lowest BCUT2D eigenvalue weighted by Gasteiger charge is -2.22. The lowest BCUT2D eigenvalue weighted by molar-refractivity contribution is -0.153. The van der Waals surface area contributed by atoms with Gasteiger partial charge in [0.1, 0.15) is 0 Å². The van der Waals surface area contributed by atoms with Crippen molar-refractivity contribution in [3.63, 3.8) is 0 Å². The van der Waals surface area contributed by atoms with E-state index in [1.165, 1.54) is 7.11 Å². The average molecular weight is 220 g/mol. The van der Waals surface area contributed by atoms with Gasteiger partial charge in [0, 0.05) is 0 Å². The summed E-state index contributed by atoms with van der Waals surface area (Å²) in [5.74, 6) is -1.33. The van der Waals surface area contributed by atoms with Gasteiger partial charge in [-0.15, -0.1) is 0 Å². The van der Waals surface area contributed by atoms with E-state index >= 15 is 0 Å². The van der Waals surface area contributed by atoms with E-state index in [0.717, 1.165) is 11.1 Å². The number of carbonyl (C=O) groups excluding carboxylic acids is 2. The van der Waals surface area contributed by atoms with Crippen LogP contribution >= 0.6 is 0 Å². The Bertz CT molecular complexity index is 402. The number of ketones is 1. The van der Waals surface area contributed by atoms with Crippen molar-refractivity contribution >= 4 is 11.8 Å². The number of benzene rings is 1. The molecule has 0 spiro atoms. The summed E-state index contributed by atoms with van der Waals surface area (Å²) in [7, 11) is 1.21.